The zero-order valence-corrected chi connectivity index (χ0v) is 9.31. The molecule has 0 aliphatic carbocycles. The Morgan fingerprint density at radius 1 is 1.33 bits per heavy atom. The SMILES string of the molecule is CCNc1cc(-n2cncn2)nc(C(F)(F)F)n1. The minimum atomic E-state index is -4.61. The Morgan fingerprint density at radius 2 is 2.11 bits per heavy atom. The lowest BCUT2D eigenvalue weighted by Crippen LogP contribution is -2.15. The standard InChI is InChI=1S/C9H9F3N6/c1-2-14-6-3-7(18-5-13-4-15-18)17-8(16-6)9(10,11)12/h3-5H,2H2,1H3,(H,14,16,17). The van der Waals surface area contributed by atoms with E-state index in [1.54, 1.807) is 6.92 Å². The first-order chi connectivity index (χ1) is 8.50. The van der Waals surface area contributed by atoms with Crippen molar-refractivity contribution in [2.24, 2.45) is 0 Å². The van der Waals surface area contributed by atoms with Gasteiger partial charge in [-0.3, -0.25) is 0 Å². The van der Waals surface area contributed by atoms with Crippen LogP contribution in [-0.2, 0) is 6.18 Å². The molecule has 2 aromatic heterocycles. The lowest BCUT2D eigenvalue weighted by atomic mass is 10.4. The Bertz CT molecular complexity index is 522. The van der Waals surface area contributed by atoms with Crippen LogP contribution in [0.15, 0.2) is 18.7 Å². The van der Waals surface area contributed by atoms with Crippen molar-refractivity contribution in [3.63, 3.8) is 0 Å². The van der Waals surface area contributed by atoms with Crippen molar-refractivity contribution in [2.75, 3.05) is 11.9 Å². The molecule has 0 amide bonds. The number of rotatable bonds is 3. The molecule has 2 heterocycles. The van der Waals surface area contributed by atoms with E-state index in [9.17, 15) is 13.2 Å². The summed E-state index contributed by atoms with van der Waals surface area (Å²) in [5.41, 5.74) is 0. The fraction of sp³-hybridized carbons (Fsp3) is 0.333. The van der Waals surface area contributed by atoms with Crippen molar-refractivity contribution in [1.82, 2.24) is 24.7 Å². The van der Waals surface area contributed by atoms with Crippen LogP contribution < -0.4 is 5.32 Å². The van der Waals surface area contributed by atoms with Crippen LogP contribution in [0.3, 0.4) is 0 Å². The van der Waals surface area contributed by atoms with Crippen molar-refractivity contribution in [2.45, 2.75) is 13.1 Å². The van der Waals surface area contributed by atoms with Gasteiger partial charge in [0.2, 0.25) is 5.82 Å². The van der Waals surface area contributed by atoms with Crippen LogP contribution in [0.25, 0.3) is 5.82 Å². The molecule has 2 aromatic rings. The number of hydrogen-bond donors (Lipinski definition) is 1. The van der Waals surface area contributed by atoms with Gasteiger partial charge in [0.15, 0.2) is 5.82 Å². The molecule has 0 bridgehead atoms. The second kappa shape index (κ2) is 4.59. The fourth-order valence-corrected chi connectivity index (χ4v) is 1.28. The van der Waals surface area contributed by atoms with Crippen LogP contribution in [0, 0.1) is 0 Å². The van der Waals surface area contributed by atoms with Gasteiger partial charge in [-0.05, 0) is 6.92 Å². The molecular formula is C9H9F3N6. The van der Waals surface area contributed by atoms with E-state index in [0.29, 0.717) is 6.54 Å². The summed E-state index contributed by atoms with van der Waals surface area (Å²) in [5, 5.41) is 6.44. The molecule has 0 saturated carbocycles. The van der Waals surface area contributed by atoms with Crippen LogP contribution in [-0.4, -0.2) is 31.3 Å². The number of nitrogens with zero attached hydrogens (tertiary/aromatic N) is 5. The molecule has 9 heteroatoms. The summed E-state index contributed by atoms with van der Waals surface area (Å²) in [5.74, 6) is -1.12. The lowest BCUT2D eigenvalue weighted by molar-refractivity contribution is -0.144. The topological polar surface area (TPSA) is 68.5 Å². The second-order valence-electron chi connectivity index (χ2n) is 3.30. The smallest absolute Gasteiger partial charge is 0.370 e. The third-order valence-corrected chi connectivity index (χ3v) is 1.98. The summed E-state index contributed by atoms with van der Waals surface area (Å²) in [6.07, 6.45) is -2.14. The predicted octanol–water partition coefficient (Wildman–Crippen LogP) is 1.51. The van der Waals surface area contributed by atoms with E-state index >= 15 is 0 Å². The molecule has 0 radical (unpaired) electrons. The largest absolute Gasteiger partial charge is 0.451 e. The third-order valence-electron chi connectivity index (χ3n) is 1.98. The highest BCUT2D eigenvalue weighted by Crippen LogP contribution is 2.27. The predicted molar refractivity (Wildman–Crippen MR) is 56.1 cm³/mol. The Hall–Kier alpha value is -2.19. The fourth-order valence-electron chi connectivity index (χ4n) is 1.28. The molecule has 18 heavy (non-hydrogen) atoms. The second-order valence-corrected chi connectivity index (χ2v) is 3.30. The van der Waals surface area contributed by atoms with E-state index < -0.39 is 12.0 Å². The first-order valence-corrected chi connectivity index (χ1v) is 5.06. The first kappa shape index (κ1) is 12.3. The van der Waals surface area contributed by atoms with Gasteiger partial charge in [-0.2, -0.15) is 18.3 Å². The summed E-state index contributed by atoms with van der Waals surface area (Å²) < 4.78 is 39.0. The molecule has 0 aliphatic heterocycles. The Morgan fingerprint density at radius 3 is 2.67 bits per heavy atom. The van der Waals surface area contributed by atoms with Crippen molar-refractivity contribution in [3.05, 3.63) is 24.5 Å². The molecule has 96 valence electrons. The van der Waals surface area contributed by atoms with Gasteiger partial charge in [-0.15, -0.1) is 0 Å². The molecule has 0 fully saturated rings. The molecule has 0 aromatic carbocycles. The molecule has 1 N–H and O–H groups in total. The zero-order chi connectivity index (χ0) is 13.2. The molecule has 0 saturated heterocycles. The number of hydrogen-bond acceptors (Lipinski definition) is 5. The maximum absolute atomic E-state index is 12.6. The van der Waals surface area contributed by atoms with Gasteiger partial charge in [0.05, 0.1) is 0 Å². The van der Waals surface area contributed by atoms with Gasteiger partial charge >= 0.3 is 6.18 Å². The average molecular weight is 258 g/mol. The van der Waals surface area contributed by atoms with Crippen LogP contribution in [0.2, 0.25) is 0 Å². The average Bonchev–Trinajstić information content (AvgIpc) is 2.81. The van der Waals surface area contributed by atoms with E-state index in [4.69, 9.17) is 0 Å². The van der Waals surface area contributed by atoms with E-state index in [2.05, 4.69) is 25.4 Å². The van der Waals surface area contributed by atoms with Crippen molar-refractivity contribution in [3.8, 4) is 5.82 Å². The van der Waals surface area contributed by atoms with Gasteiger partial charge < -0.3 is 5.32 Å². The van der Waals surface area contributed by atoms with E-state index in [-0.39, 0.29) is 11.6 Å². The Balaban J connectivity index is 2.50. The summed E-state index contributed by atoms with van der Waals surface area (Å²) in [6.45, 7) is 2.20. The quantitative estimate of drug-likeness (QED) is 0.903. The molecular weight excluding hydrogens is 249 g/mol. The number of alkyl halides is 3. The summed E-state index contributed by atoms with van der Waals surface area (Å²) in [6, 6.07) is 1.37. The van der Waals surface area contributed by atoms with E-state index in [1.165, 1.54) is 18.7 Å². The van der Waals surface area contributed by atoms with E-state index in [1.807, 2.05) is 0 Å². The first-order valence-electron chi connectivity index (χ1n) is 5.06. The summed E-state index contributed by atoms with van der Waals surface area (Å²) >= 11 is 0. The highest BCUT2D eigenvalue weighted by molar-refractivity contribution is 5.41. The number of aromatic nitrogens is 5. The number of halogens is 3. The molecule has 2 rings (SSSR count). The van der Waals surface area contributed by atoms with Crippen molar-refractivity contribution >= 4 is 5.82 Å². The van der Waals surface area contributed by atoms with Crippen molar-refractivity contribution in [1.29, 1.82) is 0 Å². The minimum Gasteiger partial charge on any atom is -0.370 e. The van der Waals surface area contributed by atoms with E-state index in [0.717, 1.165) is 4.68 Å². The number of anilines is 1. The van der Waals surface area contributed by atoms with Crippen LogP contribution >= 0.6 is 0 Å². The molecule has 6 nitrogen and oxygen atoms in total. The third kappa shape index (κ3) is 2.55. The summed E-state index contributed by atoms with van der Waals surface area (Å²) in [7, 11) is 0. The van der Waals surface area contributed by atoms with Crippen LogP contribution in [0.1, 0.15) is 12.7 Å². The Labute approximate surface area is 99.9 Å². The van der Waals surface area contributed by atoms with Crippen molar-refractivity contribution < 1.29 is 13.2 Å². The minimum absolute atomic E-state index is 0.00535. The van der Waals surface area contributed by atoms with Crippen LogP contribution in [0.5, 0.6) is 0 Å². The molecule has 0 spiro atoms. The lowest BCUT2D eigenvalue weighted by Gasteiger charge is -2.10. The van der Waals surface area contributed by atoms with Gasteiger partial charge in [0.1, 0.15) is 18.5 Å². The van der Waals surface area contributed by atoms with Gasteiger partial charge in [-0.1, -0.05) is 0 Å². The Kier molecular flexibility index (Phi) is 3.13. The highest BCUT2D eigenvalue weighted by Gasteiger charge is 2.35. The normalized spacial score (nSPS) is 11.6. The van der Waals surface area contributed by atoms with Crippen LogP contribution in [0.4, 0.5) is 19.0 Å². The maximum Gasteiger partial charge on any atom is 0.451 e. The summed E-state index contributed by atoms with van der Waals surface area (Å²) in [4.78, 5) is 10.5. The van der Waals surface area contributed by atoms with Gasteiger partial charge in [0, 0.05) is 12.6 Å². The number of nitrogens with one attached hydrogen (secondary N) is 1. The monoisotopic (exact) mass is 258 g/mol. The molecule has 0 aliphatic rings. The van der Waals surface area contributed by atoms with Gasteiger partial charge in [0.25, 0.3) is 0 Å². The molecule has 0 unspecified atom stereocenters. The molecule has 0 atom stereocenters. The highest BCUT2D eigenvalue weighted by atomic mass is 19.4. The zero-order valence-electron chi connectivity index (χ0n) is 9.31. The van der Waals surface area contributed by atoms with Gasteiger partial charge in [-0.25, -0.2) is 19.6 Å². The maximum atomic E-state index is 12.6.